The largest absolute Gasteiger partial charge is 0.372 e. The molecule has 0 radical (unpaired) electrons. The first-order valence-electron chi connectivity index (χ1n) is 12.3. The minimum absolute atomic E-state index is 0.0881. The van der Waals surface area contributed by atoms with Crippen LogP contribution in [-0.4, -0.2) is 20.1 Å². The predicted molar refractivity (Wildman–Crippen MR) is 147 cm³/mol. The number of hydrogen-bond acceptors (Lipinski definition) is 5. The summed E-state index contributed by atoms with van der Waals surface area (Å²) in [4.78, 5) is 24.9. The van der Waals surface area contributed by atoms with Gasteiger partial charge in [0.15, 0.2) is 0 Å². The maximum absolute atomic E-state index is 12.7. The van der Waals surface area contributed by atoms with E-state index in [2.05, 4.69) is 26.0 Å². The number of benzene rings is 4. The van der Waals surface area contributed by atoms with Crippen molar-refractivity contribution in [3.63, 3.8) is 0 Å². The van der Waals surface area contributed by atoms with Gasteiger partial charge in [-0.25, -0.2) is 13.1 Å². The molecular formula is C31H29NO5S. The second kappa shape index (κ2) is 12.0. The lowest BCUT2D eigenvalue weighted by Gasteiger charge is -2.09. The highest BCUT2D eigenvalue weighted by atomic mass is 32.2. The fourth-order valence-electron chi connectivity index (χ4n) is 3.85. The van der Waals surface area contributed by atoms with Gasteiger partial charge in [0.25, 0.3) is 15.8 Å². The molecular weight excluding hydrogens is 498 g/mol. The van der Waals surface area contributed by atoms with Crippen molar-refractivity contribution in [1.82, 2.24) is 4.72 Å². The van der Waals surface area contributed by atoms with Gasteiger partial charge in [-0.3, -0.25) is 9.59 Å². The van der Waals surface area contributed by atoms with Crippen LogP contribution in [0.2, 0.25) is 0 Å². The van der Waals surface area contributed by atoms with Crippen molar-refractivity contribution in [2.75, 3.05) is 0 Å². The van der Waals surface area contributed by atoms with E-state index in [0.29, 0.717) is 19.1 Å². The van der Waals surface area contributed by atoms with E-state index in [1.54, 1.807) is 24.3 Å². The molecule has 38 heavy (non-hydrogen) atoms. The SMILES string of the molecule is CC(C)c1ccc(COCc2ccc(C(=O)C(=O)NS(=O)(=O)c3ccc(-c4ccccc4)cc3)cc2)cc1. The molecule has 0 fully saturated rings. The molecule has 1 amide bonds. The van der Waals surface area contributed by atoms with E-state index in [-0.39, 0.29) is 10.5 Å². The molecule has 0 saturated carbocycles. The van der Waals surface area contributed by atoms with Gasteiger partial charge < -0.3 is 4.74 Å². The molecule has 0 aliphatic rings. The summed E-state index contributed by atoms with van der Waals surface area (Å²) in [5.74, 6) is -1.68. The van der Waals surface area contributed by atoms with Gasteiger partial charge in [-0.15, -0.1) is 0 Å². The minimum Gasteiger partial charge on any atom is -0.372 e. The first-order valence-corrected chi connectivity index (χ1v) is 13.7. The maximum Gasteiger partial charge on any atom is 0.306 e. The fourth-order valence-corrected chi connectivity index (χ4v) is 4.80. The topological polar surface area (TPSA) is 89.5 Å². The zero-order valence-corrected chi connectivity index (χ0v) is 22.1. The Morgan fingerprint density at radius 2 is 1.24 bits per heavy atom. The summed E-state index contributed by atoms with van der Waals surface area (Å²) in [5, 5.41) is 0. The summed E-state index contributed by atoms with van der Waals surface area (Å²) in [6, 6.07) is 30.2. The number of nitrogens with one attached hydrogen (secondary N) is 1. The zero-order chi connectivity index (χ0) is 27.1. The van der Waals surface area contributed by atoms with Crippen LogP contribution < -0.4 is 4.72 Å². The number of rotatable bonds is 10. The molecule has 0 aliphatic heterocycles. The van der Waals surface area contributed by atoms with Gasteiger partial charge in [0.1, 0.15) is 0 Å². The van der Waals surface area contributed by atoms with Crippen molar-refractivity contribution in [3.8, 4) is 11.1 Å². The molecule has 0 aliphatic carbocycles. The Balaban J connectivity index is 1.32. The average molecular weight is 528 g/mol. The van der Waals surface area contributed by atoms with Crippen LogP contribution in [0.25, 0.3) is 11.1 Å². The normalized spacial score (nSPS) is 11.3. The molecule has 4 rings (SSSR count). The summed E-state index contributed by atoms with van der Waals surface area (Å²) < 4.78 is 33.0. The lowest BCUT2D eigenvalue weighted by Crippen LogP contribution is -2.36. The van der Waals surface area contributed by atoms with E-state index in [1.807, 2.05) is 47.2 Å². The Kier molecular flexibility index (Phi) is 8.51. The second-order valence-corrected chi connectivity index (χ2v) is 10.9. The number of carbonyl (C=O) groups is 2. The lowest BCUT2D eigenvalue weighted by atomic mass is 10.0. The van der Waals surface area contributed by atoms with E-state index in [1.165, 1.54) is 29.8 Å². The van der Waals surface area contributed by atoms with Crippen LogP contribution in [0, 0.1) is 0 Å². The number of Topliss-reactive ketones (excluding diaryl/α,β-unsaturated/α-hetero) is 1. The molecule has 4 aromatic rings. The highest BCUT2D eigenvalue weighted by molar-refractivity contribution is 7.90. The third-order valence-corrected chi connectivity index (χ3v) is 7.45. The Morgan fingerprint density at radius 3 is 1.79 bits per heavy atom. The van der Waals surface area contributed by atoms with E-state index in [9.17, 15) is 18.0 Å². The Labute approximate surface area is 223 Å². The van der Waals surface area contributed by atoms with E-state index in [4.69, 9.17) is 4.74 Å². The van der Waals surface area contributed by atoms with Crippen LogP contribution in [0.3, 0.4) is 0 Å². The standard InChI is InChI=1S/C31H29NO5S/c1-22(2)25-12-8-23(9-13-25)20-37-21-24-10-14-28(15-11-24)30(33)31(34)32-38(35,36)29-18-16-27(17-19-29)26-6-4-3-5-7-26/h3-19,22H,20-21H2,1-2H3,(H,32,34). The van der Waals surface area contributed by atoms with Crippen molar-refractivity contribution in [3.05, 3.63) is 125 Å². The molecule has 0 atom stereocenters. The summed E-state index contributed by atoms with van der Waals surface area (Å²) in [6.45, 7) is 5.08. The third-order valence-electron chi connectivity index (χ3n) is 6.10. The van der Waals surface area contributed by atoms with Crippen LogP contribution in [-0.2, 0) is 32.8 Å². The Bertz CT molecular complexity index is 1490. The highest BCUT2D eigenvalue weighted by Crippen LogP contribution is 2.21. The van der Waals surface area contributed by atoms with Crippen molar-refractivity contribution in [2.24, 2.45) is 0 Å². The number of ketones is 1. The third kappa shape index (κ3) is 6.82. The smallest absolute Gasteiger partial charge is 0.306 e. The molecule has 0 aromatic heterocycles. The fraction of sp³-hybridized carbons (Fsp3) is 0.161. The average Bonchev–Trinajstić information content (AvgIpc) is 2.93. The first-order chi connectivity index (χ1) is 18.2. The molecule has 0 heterocycles. The van der Waals surface area contributed by atoms with Crippen molar-refractivity contribution < 1.29 is 22.7 Å². The van der Waals surface area contributed by atoms with Crippen LogP contribution >= 0.6 is 0 Å². The molecule has 7 heteroatoms. The Morgan fingerprint density at radius 1 is 0.711 bits per heavy atom. The van der Waals surface area contributed by atoms with Crippen LogP contribution in [0.15, 0.2) is 108 Å². The molecule has 194 valence electrons. The minimum atomic E-state index is -4.21. The molecule has 0 unspecified atom stereocenters. The number of carbonyl (C=O) groups excluding carboxylic acids is 2. The predicted octanol–water partition coefficient (Wildman–Crippen LogP) is 5.88. The van der Waals surface area contributed by atoms with Gasteiger partial charge in [-0.1, -0.05) is 105 Å². The van der Waals surface area contributed by atoms with Crippen LogP contribution in [0.5, 0.6) is 0 Å². The van der Waals surface area contributed by atoms with Gasteiger partial charge >= 0.3 is 5.91 Å². The summed E-state index contributed by atoms with van der Waals surface area (Å²) in [6.07, 6.45) is 0. The van der Waals surface area contributed by atoms with Gasteiger partial charge in [0.2, 0.25) is 0 Å². The molecule has 0 spiro atoms. The summed E-state index contributed by atoms with van der Waals surface area (Å²) in [5.41, 5.74) is 5.02. The first kappa shape index (κ1) is 27.0. The number of ether oxygens (including phenoxy) is 1. The molecule has 6 nitrogen and oxygen atoms in total. The molecule has 4 aromatic carbocycles. The number of hydrogen-bond donors (Lipinski definition) is 1. The number of amides is 1. The summed E-state index contributed by atoms with van der Waals surface area (Å²) in [7, 11) is -4.21. The monoisotopic (exact) mass is 527 g/mol. The van der Waals surface area contributed by atoms with Gasteiger partial charge in [-0.05, 0) is 45.9 Å². The maximum atomic E-state index is 12.7. The molecule has 0 bridgehead atoms. The van der Waals surface area contributed by atoms with Crippen LogP contribution in [0.1, 0.15) is 46.8 Å². The van der Waals surface area contributed by atoms with Gasteiger partial charge in [0.05, 0.1) is 18.1 Å². The van der Waals surface area contributed by atoms with E-state index in [0.717, 1.165) is 22.3 Å². The van der Waals surface area contributed by atoms with Crippen LogP contribution in [0.4, 0.5) is 0 Å². The molecule has 1 N–H and O–H groups in total. The zero-order valence-electron chi connectivity index (χ0n) is 21.3. The number of sulfonamides is 1. The van der Waals surface area contributed by atoms with Crippen molar-refractivity contribution in [1.29, 1.82) is 0 Å². The van der Waals surface area contributed by atoms with E-state index >= 15 is 0 Å². The second-order valence-electron chi connectivity index (χ2n) is 9.24. The lowest BCUT2D eigenvalue weighted by molar-refractivity contribution is -0.115. The molecule has 0 saturated heterocycles. The van der Waals surface area contributed by atoms with Crippen molar-refractivity contribution >= 4 is 21.7 Å². The Hall–Kier alpha value is -4.07. The summed E-state index contributed by atoms with van der Waals surface area (Å²) >= 11 is 0. The highest BCUT2D eigenvalue weighted by Gasteiger charge is 2.24. The van der Waals surface area contributed by atoms with Gasteiger partial charge in [-0.2, -0.15) is 0 Å². The quantitative estimate of drug-likeness (QED) is 0.205. The van der Waals surface area contributed by atoms with E-state index < -0.39 is 21.7 Å². The van der Waals surface area contributed by atoms with Gasteiger partial charge in [0, 0.05) is 5.56 Å². The van der Waals surface area contributed by atoms with Crippen molar-refractivity contribution in [2.45, 2.75) is 37.9 Å².